The Kier molecular flexibility index (Phi) is 4.20. The van der Waals surface area contributed by atoms with Gasteiger partial charge < -0.3 is 5.32 Å². The molecule has 2 aromatic rings. The third-order valence-electron chi connectivity index (χ3n) is 2.85. The van der Waals surface area contributed by atoms with Crippen LogP contribution in [0.3, 0.4) is 0 Å². The van der Waals surface area contributed by atoms with E-state index in [4.69, 9.17) is 5.14 Å². The summed E-state index contributed by atoms with van der Waals surface area (Å²) in [4.78, 5) is 10.5. The molecule has 3 N–H and O–H groups in total. The number of anilines is 1. The van der Waals surface area contributed by atoms with E-state index in [1.54, 1.807) is 30.3 Å². The molecule has 0 spiro atoms. The van der Waals surface area contributed by atoms with Crippen LogP contribution in [0.4, 0.5) is 11.4 Å². The van der Waals surface area contributed by atoms with E-state index in [-0.39, 0.29) is 17.1 Å². The number of para-hydroxylation sites is 1. The van der Waals surface area contributed by atoms with Crippen molar-refractivity contribution in [2.75, 3.05) is 5.32 Å². The maximum Gasteiger partial charge on any atom is 0.274 e. The van der Waals surface area contributed by atoms with E-state index in [1.807, 2.05) is 0 Å². The van der Waals surface area contributed by atoms with Crippen molar-refractivity contribution in [1.82, 2.24) is 0 Å². The molecule has 0 aliphatic heterocycles. The van der Waals surface area contributed by atoms with Crippen molar-refractivity contribution in [2.24, 2.45) is 5.14 Å². The number of benzene rings is 2. The Morgan fingerprint density at radius 2 is 1.71 bits per heavy atom. The molecule has 110 valence electrons. The van der Waals surface area contributed by atoms with Crippen molar-refractivity contribution in [1.29, 1.82) is 0 Å². The fourth-order valence-electron chi connectivity index (χ4n) is 1.80. The summed E-state index contributed by atoms with van der Waals surface area (Å²) in [5.74, 6) is 0. The van der Waals surface area contributed by atoms with Crippen molar-refractivity contribution >= 4 is 21.4 Å². The summed E-state index contributed by atoms with van der Waals surface area (Å²) >= 11 is 0. The van der Waals surface area contributed by atoms with Crippen molar-refractivity contribution in [3.8, 4) is 0 Å². The Hall–Kier alpha value is -2.45. The highest BCUT2D eigenvalue weighted by Crippen LogP contribution is 2.19. The molecule has 0 saturated heterocycles. The van der Waals surface area contributed by atoms with Crippen LogP contribution in [0.5, 0.6) is 0 Å². The first-order valence-electron chi connectivity index (χ1n) is 5.97. The number of rotatable bonds is 5. The van der Waals surface area contributed by atoms with E-state index in [0.717, 1.165) is 0 Å². The highest BCUT2D eigenvalue weighted by Gasteiger charge is 2.12. The van der Waals surface area contributed by atoms with Crippen LogP contribution in [0.15, 0.2) is 53.4 Å². The summed E-state index contributed by atoms with van der Waals surface area (Å²) in [5.41, 5.74) is 1.21. The maximum atomic E-state index is 11.1. The third kappa shape index (κ3) is 3.77. The Morgan fingerprint density at radius 3 is 2.29 bits per heavy atom. The van der Waals surface area contributed by atoms with Gasteiger partial charge in [0.15, 0.2) is 0 Å². The molecule has 0 saturated carbocycles. The smallest absolute Gasteiger partial charge is 0.274 e. The molecule has 8 heteroatoms. The predicted octanol–water partition coefficient (Wildman–Crippen LogP) is 1.85. The topological polar surface area (TPSA) is 115 Å². The molecule has 0 aliphatic rings. The van der Waals surface area contributed by atoms with Crippen LogP contribution < -0.4 is 10.5 Å². The summed E-state index contributed by atoms with van der Waals surface area (Å²) in [6.45, 7) is 0.256. The predicted molar refractivity (Wildman–Crippen MR) is 78.2 cm³/mol. The van der Waals surface area contributed by atoms with Crippen LogP contribution in [0.2, 0.25) is 0 Å². The minimum absolute atomic E-state index is 0.0127. The van der Waals surface area contributed by atoms with E-state index in [2.05, 4.69) is 5.32 Å². The van der Waals surface area contributed by atoms with Crippen LogP contribution in [0.1, 0.15) is 5.56 Å². The number of nitrogens with two attached hydrogens (primary N) is 1. The van der Waals surface area contributed by atoms with Gasteiger partial charge >= 0.3 is 0 Å². The fraction of sp³-hybridized carbons (Fsp3) is 0.0769. The van der Waals surface area contributed by atoms with Crippen molar-refractivity contribution < 1.29 is 13.3 Å². The number of nitro groups is 1. The maximum absolute atomic E-state index is 11.1. The van der Waals surface area contributed by atoms with Gasteiger partial charge in [-0.2, -0.15) is 0 Å². The molecule has 0 amide bonds. The van der Waals surface area contributed by atoms with Crippen LogP contribution >= 0.6 is 0 Å². The monoisotopic (exact) mass is 307 g/mol. The molecular formula is C13H13N3O4S. The van der Waals surface area contributed by atoms with E-state index < -0.39 is 14.9 Å². The number of hydrogen-bond acceptors (Lipinski definition) is 5. The Balaban J connectivity index is 2.12. The van der Waals surface area contributed by atoms with E-state index >= 15 is 0 Å². The first kappa shape index (κ1) is 14.9. The molecule has 0 radical (unpaired) electrons. The zero-order chi connectivity index (χ0) is 15.5. The lowest BCUT2D eigenvalue weighted by atomic mass is 10.2. The van der Waals surface area contributed by atoms with Gasteiger partial charge in [0.2, 0.25) is 10.0 Å². The summed E-state index contributed by atoms with van der Waals surface area (Å²) in [7, 11) is -3.72. The molecule has 2 rings (SSSR count). The van der Waals surface area contributed by atoms with Gasteiger partial charge in [0.1, 0.15) is 0 Å². The first-order valence-corrected chi connectivity index (χ1v) is 7.51. The molecule has 0 fully saturated rings. The van der Waals surface area contributed by atoms with Crippen molar-refractivity contribution in [2.45, 2.75) is 11.4 Å². The minimum atomic E-state index is -3.72. The Labute approximate surface area is 121 Å². The standard InChI is InChI=1S/C13H13N3O4S/c14-21(19,20)12-7-5-11(6-8-12)15-9-10-3-1-2-4-13(10)16(17)18/h1-8,15H,9H2,(H2,14,19,20). The van der Waals surface area contributed by atoms with Crippen molar-refractivity contribution in [3.05, 3.63) is 64.2 Å². The zero-order valence-electron chi connectivity index (χ0n) is 10.9. The number of sulfonamides is 1. The van der Waals surface area contributed by atoms with Gasteiger partial charge in [-0.15, -0.1) is 0 Å². The lowest BCUT2D eigenvalue weighted by Crippen LogP contribution is -2.12. The number of nitro benzene ring substituents is 1. The van der Waals surface area contributed by atoms with E-state index in [1.165, 1.54) is 18.2 Å². The first-order chi connectivity index (χ1) is 9.88. The highest BCUT2D eigenvalue weighted by molar-refractivity contribution is 7.89. The molecule has 0 atom stereocenters. The van der Waals surface area contributed by atoms with Gasteiger partial charge in [-0.1, -0.05) is 18.2 Å². The second-order valence-corrected chi connectivity index (χ2v) is 5.87. The quantitative estimate of drug-likeness (QED) is 0.646. The average molecular weight is 307 g/mol. The molecule has 0 bridgehead atoms. The van der Waals surface area contributed by atoms with Crippen LogP contribution in [0, 0.1) is 10.1 Å². The molecule has 21 heavy (non-hydrogen) atoms. The number of nitrogens with one attached hydrogen (secondary N) is 1. The SMILES string of the molecule is NS(=O)(=O)c1ccc(NCc2ccccc2[N+](=O)[O-])cc1. The summed E-state index contributed by atoms with van der Waals surface area (Å²) in [5, 5.41) is 18.9. The molecule has 0 aliphatic carbocycles. The molecule has 2 aromatic carbocycles. The van der Waals surface area contributed by atoms with E-state index in [0.29, 0.717) is 11.3 Å². The van der Waals surface area contributed by atoms with Crippen LogP contribution in [-0.2, 0) is 16.6 Å². The van der Waals surface area contributed by atoms with E-state index in [9.17, 15) is 18.5 Å². The molecule has 0 heterocycles. The van der Waals surface area contributed by atoms with Crippen LogP contribution in [-0.4, -0.2) is 13.3 Å². The van der Waals surface area contributed by atoms with Gasteiger partial charge in [-0.25, -0.2) is 13.6 Å². The van der Waals surface area contributed by atoms with Gasteiger partial charge in [0.05, 0.1) is 9.82 Å². The van der Waals surface area contributed by atoms with Crippen LogP contribution in [0.25, 0.3) is 0 Å². The summed E-state index contributed by atoms with van der Waals surface area (Å²) in [6, 6.07) is 12.2. The molecule has 7 nitrogen and oxygen atoms in total. The van der Waals surface area contributed by atoms with Gasteiger partial charge in [-0.05, 0) is 24.3 Å². The largest absolute Gasteiger partial charge is 0.381 e. The Bertz CT molecular complexity index is 757. The summed E-state index contributed by atoms with van der Waals surface area (Å²) < 4.78 is 22.3. The second kappa shape index (κ2) is 5.90. The summed E-state index contributed by atoms with van der Waals surface area (Å²) in [6.07, 6.45) is 0. The molecule has 0 unspecified atom stereocenters. The van der Waals surface area contributed by atoms with Crippen molar-refractivity contribution in [3.63, 3.8) is 0 Å². The molecule has 0 aromatic heterocycles. The van der Waals surface area contributed by atoms with Gasteiger partial charge in [0.25, 0.3) is 5.69 Å². The lowest BCUT2D eigenvalue weighted by molar-refractivity contribution is -0.385. The third-order valence-corrected chi connectivity index (χ3v) is 3.78. The number of nitrogens with zero attached hydrogens (tertiary/aromatic N) is 1. The van der Waals surface area contributed by atoms with Gasteiger partial charge in [0, 0.05) is 23.9 Å². The van der Waals surface area contributed by atoms with Gasteiger partial charge in [-0.3, -0.25) is 10.1 Å². The number of hydrogen-bond donors (Lipinski definition) is 2. The lowest BCUT2D eigenvalue weighted by Gasteiger charge is -2.07. The normalized spacial score (nSPS) is 11.1. The minimum Gasteiger partial charge on any atom is -0.381 e. The second-order valence-electron chi connectivity index (χ2n) is 4.31. The molecular weight excluding hydrogens is 294 g/mol. The highest BCUT2D eigenvalue weighted by atomic mass is 32.2. The number of primary sulfonamides is 1. The fourth-order valence-corrected chi connectivity index (χ4v) is 2.31. The average Bonchev–Trinajstić information content (AvgIpc) is 2.45. The Morgan fingerprint density at radius 1 is 1.10 bits per heavy atom. The zero-order valence-corrected chi connectivity index (χ0v) is 11.7.